The Balaban J connectivity index is 1.85. The molecule has 0 aliphatic carbocycles. The van der Waals surface area contributed by atoms with Gasteiger partial charge in [0.2, 0.25) is 5.95 Å². The highest BCUT2D eigenvalue weighted by atomic mass is 35.5. The molecular formula is C16H14ClN5. The molecule has 0 saturated heterocycles. The van der Waals surface area contributed by atoms with Gasteiger partial charge in [0, 0.05) is 12.7 Å². The number of nitrogens with zero attached hydrogens (tertiary/aromatic N) is 4. The number of para-hydroxylation sites is 2. The quantitative estimate of drug-likeness (QED) is 0.788. The molecule has 0 radical (unpaired) electrons. The maximum atomic E-state index is 6.12. The zero-order chi connectivity index (χ0) is 15.4. The van der Waals surface area contributed by atoms with Crippen LogP contribution in [0, 0.1) is 0 Å². The summed E-state index contributed by atoms with van der Waals surface area (Å²) in [5, 5.41) is 11.7. The van der Waals surface area contributed by atoms with Gasteiger partial charge in [-0.3, -0.25) is 0 Å². The van der Waals surface area contributed by atoms with E-state index < -0.39 is 0 Å². The van der Waals surface area contributed by atoms with Crippen LogP contribution in [0.5, 0.6) is 0 Å². The van der Waals surface area contributed by atoms with Crippen LogP contribution in [0.4, 0.5) is 23.1 Å². The molecule has 3 rings (SSSR count). The Labute approximate surface area is 133 Å². The van der Waals surface area contributed by atoms with E-state index in [1.165, 1.54) is 0 Å². The Kier molecular flexibility index (Phi) is 4.16. The Morgan fingerprint density at radius 1 is 1.00 bits per heavy atom. The Hall–Kier alpha value is -2.66. The minimum Gasteiger partial charge on any atom is -0.328 e. The molecular weight excluding hydrogens is 298 g/mol. The van der Waals surface area contributed by atoms with Crippen molar-refractivity contribution in [2.45, 2.75) is 0 Å². The summed E-state index contributed by atoms with van der Waals surface area (Å²) in [7, 11) is 1.93. The third kappa shape index (κ3) is 3.15. The van der Waals surface area contributed by atoms with Gasteiger partial charge < -0.3 is 10.2 Å². The van der Waals surface area contributed by atoms with Gasteiger partial charge in [-0.15, -0.1) is 5.10 Å². The summed E-state index contributed by atoms with van der Waals surface area (Å²) in [6, 6.07) is 17.4. The average molecular weight is 312 g/mol. The predicted octanol–water partition coefficient (Wildman–Crippen LogP) is 4.04. The van der Waals surface area contributed by atoms with Gasteiger partial charge in [0.25, 0.3) is 0 Å². The Bertz CT molecular complexity index is 763. The molecule has 0 aliphatic rings. The van der Waals surface area contributed by atoms with Crippen molar-refractivity contribution in [3.8, 4) is 0 Å². The van der Waals surface area contributed by atoms with Crippen LogP contribution in [0.25, 0.3) is 0 Å². The van der Waals surface area contributed by atoms with Crippen LogP contribution in [-0.4, -0.2) is 22.2 Å². The van der Waals surface area contributed by atoms with E-state index in [2.05, 4.69) is 20.5 Å². The lowest BCUT2D eigenvalue weighted by Crippen LogP contribution is -2.13. The van der Waals surface area contributed by atoms with Gasteiger partial charge >= 0.3 is 0 Å². The maximum absolute atomic E-state index is 6.12. The monoisotopic (exact) mass is 311 g/mol. The molecule has 0 unspecified atom stereocenters. The number of aromatic nitrogens is 3. The van der Waals surface area contributed by atoms with Crippen molar-refractivity contribution in [3.63, 3.8) is 0 Å². The average Bonchev–Trinajstić information content (AvgIpc) is 2.57. The van der Waals surface area contributed by atoms with Gasteiger partial charge in [-0.2, -0.15) is 10.1 Å². The fourth-order valence-electron chi connectivity index (χ4n) is 1.98. The van der Waals surface area contributed by atoms with Gasteiger partial charge in [-0.25, -0.2) is 0 Å². The largest absolute Gasteiger partial charge is 0.328 e. The first-order chi connectivity index (χ1) is 10.7. The van der Waals surface area contributed by atoms with Crippen molar-refractivity contribution >= 4 is 34.7 Å². The van der Waals surface area contributed by atoms with Gasteiger partial charge in [-0.1, -0.05) is 41.9 Å². The Morgan fingerprint density at radius 2 is 1.73 bits per heavy atom. The van der Waals surface area contributed by atoms with E-state index >= 15 is 0 Å². The molecule has 0 saturated carbocycles. The predicted molar refractivity (Wildman–Crippen MR) is 89.1 cm³/mol. The third-order valence-corrected chi connectivity index (χ3v) is 3.48. The number of hydrogen-bond donors (Lipinski definition) is 1. The summed E-state index contributed by atoms with van der Waals surface area (Å²) >= 11 is 6.12. The van der Waals surface area contributed by atoms with Crippen LogP contribution in [0.3, 0.4) is 0 Å². The number of hydrogen-bond acceptors (Lipinski definition) is 5. The normalized spacial score (nSPS) is 10.3. The number of benzene rings is 2. The Morgan fingerprint density at radius 3 is 2.50 bits per heavy atom. The van der Waals surface area contributed by atoms with Crippen LogP contribution >= 0.6 is 11.6 Å². The van der Waals surface area contributed by atoms with Crippen molar-refractivity contribution < 1.29 is 0 Å². The minimum absolute atomic E-state index is 0.397. The molecule has 0 aliphatic heterocycles. The van der Waals surface area contributed by atoms with Gasteiger partial charge in [0.05, 0.1) is 16.9 Å². The summed E-state index contributed by atoms with van der Waals surface area (Å²) in [6.45, 7) is 0. The molecule has 5 nitrogen and oxygen atoms in total. The highest BCUT2D eigenvalue weighted by molar-refractivity contribution is 6.33. The third-order valence-electron chi connectivity index (χ3n) is 3.15. The molecule has 1 aromatic heterocycles. The summed E-state index contributed by atoms with van der Waals surface area (Å²) in [5.41, 5.74) is 1.76. The lowest BCUT2D eigenvalue weighted by atomic mass is 10.3. The first kappa shape index (κ1) is 14.3. The van der Waals surface area contributed by atoms with Gasteiger partial charge in [0.1, 0.15) is 0 Å². The fraction of sp³-hybridized carbons (Fsp3) is 0.0625. The second-order valence-corrected chi connectivity index (χ2v) is 5.04. The second kappa shape index (κ2) is 6.41. The second-order valence-electron chi connectivity index (χ2n) is 4.64. The molecule has 3 aromatic rings. The number of anilines is 4. The van der Waals surface area contributed by atoms with Crippen LogP contribution in [0.2, 0.25) is 5.02 Å². The standard InChI is InChI=1S/C16H14ClN5/c1-22(12-7-3-2-4-8-12)15-11-18-21-16(20-15)19-14-10-6-5-9-13(14)17/h2-11H,1H3,(H,19,20,21). The summed E-state index contributed by atoms with van der Waals surface area (Å²) < 4.78 is 0. The van der Waals surface area contributed by atoms with Crippen LogP contribution in [0.15, 0.2) is 60.8 Å². The summed E-state index contributed by atoms with van der Waals surface area (Å²) in [5.74, 6) is 1.09. The van der Waals surface area contributed by atoms with Crippen molar-refractivity contribution in [2.75, 3.05) is 17.3 Å². The van der Waals surface area contributed by atoms with Gasteiger partial charge in [-0.05, 0) is 24.3 Å². The van der Waals surface area contributed by atoms with Crippen molar-refractivity contribution in [3.05, 3.63) is 65.8 Å². The summed E-state index contributed by atoms with van der Waals surface area (Å²) in [6.07, 6.45) is 1.62. The first-order valence-corrected chi connectivity index (χ1v) is 7.12. The zero-order valence-corrected chi connectivity index (χ0v) is 12.7. The van der Waals surface area contributed by atoms with Crippen molar-refractivity contribution in [1.82, 2.24) is 15.2 Å². The molecule has 110 valence electrons. The summed E-state index contributed by atoms with van der Waals surface area (Å²) in [4.78, 5) is 6.40. The first-order valence-electron chi connectivity index (χ1n) is 6.74. The molecule has 0 spiro atoms. The maximum Gasteiger partial charge on any atom is 0.249 e. The highest BCUT2D eigenvalue weighted by Gasteiger charge is 2.08. The number of nitrogens with one attached hydrogen (secondary N) is 1. The molecule has 0 bridgehead atoms. The van der Waals surface area contributed by atoms with E-state index in [1.807, 2.05) is 60.5 Å². The topological polar surface area (TPSA) is 53.9 Å². The van der Waals surface area contributed by atoms with E-state index in [-0.39, 0.29) is 0 Å². The van der Waals surface area contributed by atoms with E-state index in [0.29, 0.717) is 16.8 Å². The lowest BCUT2D eigenvalue weighted by Gasteiger charge is -2.18. The number of halogens is 1. The van der Waals surface area contributed by atoms with E-state index in [1.54, 1.807) is 12.3 Å². The molecule has 1 N–H and O–H groups in total. The highest BCUT2D eigenvalue weighted by Crippen LogP contribution is 2.25. The van der Waals surface area contributed by atoms with Crippen LogP contribution in [-0.2, 0) is 0 Å². The van der Waals surface area contributed by atoms with Crippen LogP contribution in [0.1, 0.15) is 0 Å². The molecule has 1 heterocycles. The smallest absolute Gasteiger partial charge is 0.249 e. The lowest BCUT2D eigenvalue weighted by molar-refractivity contribution is 0.957. The molecule has 0 fully saturated rings. The zero-order valence-electron chi connectivity index (χ0n) is 11.9. The molecule has 0 atom stereocenters. The van der Waals surface area contributed by atoms with Crippen LogP contribution < -0.4 is 10.2 Å². The van der Waals surface area contributed by atoms with E-state index in [9.17, 15) is 0 Å². The SMILES string of the molecule is CN(c1ccccc1)c1cnnc(Nc2ccccc2Cl)n1. The van der Waals surface area contributed by atoms with Crippen molar-refractivity contribution in [2.24, 2.45) is 0 Å². The van der Waals surface area contributed by atoms with Gasteiger partial charge in [0.15, 0.2) is 5.82 Å². The minimum atomic E-state index is 0.397. The number of rotatable bonds is 4. The molecule has 2 aromatic carbocycles. The van der Waals surface area contributed by atoms with E-state index in [0.717, 1.165) is 11.4 Å². The van der Waals surface area contributed by atoms with Crippen molar-refractivity contribution in [1.29, 1.82) is 0 Å². The van der Waals surface area contributed by atoms with E-state index in [4.69, 9.17) is 11.6 Å². The molecule has 0 amide bonds. The molecule has 22 heavy (non-hydrogen) atoms. The fourth-order valence-corrected chi connectivity index (χ4v) is 2.16. The molecule has 6 heteroatoms.